The number of fused-ring (bicyclic) bond motifs is 1. The predicted molar refractivity (Wildman–Crippen MR) is 93.9 cm³/mol. The van der Waals surface area contributed by atoms with Gasteiger partial charge in [0.05, 0.1) is 14.2 Å². The number of methoxy groups -OCH3 is 1. The number of carbonyl (C=O) groups is 1. The molecule has 0 aliphatic carbocycles. The van der Waals surface area contributed by atoms with Crippen molar-refractivity contribution in [1.82, 2.24) is 5.48 Å². The van der Waals surface area contributed by atoms with E-state index in [1.54, 1.807) is 18.9 Å². The average molecular weight is 331 g/mol. The lowest BCUT2D eigenvalue weighted by Crippen LogP contribution is -2.11. The second-order valence-corrected chi connectivity index (χ2v) is 5.95. The van der Waals surface area contributed by atoms with Crippen molar-refractivity contribution in [3.05, 3.63) is 53.6 Å². The van der Waals surface area contributed by atoms with Crippen molar-refractivity contribution >= 4 is 28.5 Å². The highest BCUT2D eigenvalue weighted by atomic mass is 32.2. The van der Waals surface area contributed by atoms with Gasteiger partial charge in [0, 0.05) is 17.0 Å². The summed E-state index contributed by atoms with van der Waals surface area (Å²) in [4.78, 5) is 17.3. The van der Waals surface area contributed by atoms with Crippen molar-refractivity contribution in [2.45, 2.75) is 24.2 Å². The van der Waals surface area contributed by atoms with Gasteiger partial charge < -0.3 is 4.74 Å². The zero-order valence-electron chi connectivity index (χ0n) is 13.4. The summed E-state index contributed by atoms with van der Waals surface area (Å²) in [5.41, 5.74) is 3.81. The normalized spacial score (nSPS) is 11.5. The maximum absolute atomic E-state index is 11.2. The molecular formula is C18H21NO3S. The van der Waals surface area contributed by atoms with Crippen LogP contribution in [0.2, 0.25) is 0 Å². The fourth-order valence-corrected chi connectivity index (χ4v) is 2.96. The van der Waals surface area contributed by atoms with E-state index in [-0.39, 0.29) is 5.97 Å². The van der Waals surface area contributed by atoms with Crippen LogP contribution < -0.4 is 5.48 Å². The third-order valence-electron chi connectivity index (χ3n) is 3.35. The third kappa shape index (κ3) is 5.62. The molecule has 5 heteroatoms. The van der Waals surface area contributed by atoms with Crippen LogP contribution in [0.5, 0.6) is 0 Å². The summed E-state index contributed by atoms with van der Waals surface area (Å²) in [7, 11) is 2.98. The van der Waals surface area contributed by atoms with E-state index in [0.29, 0.717) is 12.8 Å². The van der Waals surface area contributed by atoms with Crippen LogP contribution in [0.1, 0.15) is 19.3 Å². The average Bonchev–Trinajstić information content (AvgIpc) is 2.59. The lowest BCUT2D eigenvalue weighted by atomic mass is 10.1. The van der Waals surface area contributed by atoms with Crippen LogP contribution in [0.25, 0.3) is 10.8 Å². The Morgan fingerprint density at radius 2 is 1.91 bits per heavy atom. The second-order valence-electron chi connectivity index (χ2n) is 5.01. The Bertz CT molecular complexity index is 685. The SMILES string of the molecule is CONC(=CSc1ccc2ccccc2c1)CCCC(=O)OC. The first-order chi connectivity index (χ1) is 11.2. The maximum atomic E-state index is 11.2. The van der Waals surface area contributed by atoms with Gasteiger partial charge in [0.1, 0.15) is 0 Å². The van der Waals surface area contributed by atoms with Gasteiger partial charge in [-0.25, -0.2) is 0 Å². The van der Waals surface area contributed by atoms with Crippen LogP contribution in [0.3, 0.4) is 0 Å². The van der Waals surface area contributed by atoms with Gasteiger partial charge >= 0.3 is 5.97 Å². The Labute approximate surface area is 140 Å². The van der Waals surface area contributed by atoms with E-state index in [9.17, 15) is 4.79 Å². The molecule has 4 nitrogen and oxygen atoms in total. The number of allylic oxidation sites excluding steroid dienone is 1. The molecule has 0 radical (unpaired) electrons. The number of hydroxylamine groups is 1. The lowest BCUT2D eigenvalue weighted by molar-refractivity contribution is -0.140. The van der Waals surface area contributed by atoms with Crippen LogP contribution >= 0.6 is 11.8 Å². The van der Waals surface area contributed by atoms with Gasteiger partial charge in [-0.2, -0.15) is 0 Å². The minimum atomic E-state index is -0.191. The molecule has 0 saturated heterocycles. The molecule has 122 valence electrons. The Morgan fingerprint density at radius 3 is 2.65 bits per heavy atom. The lowest BCUT2D eigenvalue weighted by Gasteiger charge is -2.08. The molecule has 0 saturated carbocycles. The summed E-state index contributed by atoms with van der Waals surface area (Å²) in [6.45, 7) is 0. The van der Waals surface area contributed by atoms with Gasteiger partial charge in [-0.05, 0) is 41.2 Å². The highest BCUT2D eigenvalue weighted by Gasteiger charge is 2.03. The van der Waals surface area contributed by atoms with Crippen LogP contribution in [0.15, 0.2) is 58.5 Å². The van der Waals surface area contributed by atoms with Crippen LogP contribution in [0.4, 0.5) is 0 Å². The largest absolute Gasteiger partial charge is 0.469 e. The summed E-state index contributed by atoms with van der Waals surface area (Å²) in [6, 6.07) is 14.7. The van der Waals surface area contributed by atoms with Gasteiger partial charge in [-0.1, -0.05) is 42.1 Å². The first-order valence-electron chi connectivity index (χ1n) is 7.43. The molecule has 0 aliphatic rings. The molecule has 0 fully saturated rings. The number of esters is 1. The number of rotatable bonds is 8. The summed E-state index contributed by atoms with van der Waals surface area (Å²) in [5, 5.41) is 4.47. The van der Waals surface area contributed by atoms with Gasteiger partial charge in [0.2, 0.25) is 0 Å². The molecule has 0 atom stereocenters. The molecular weight excluding hydrogens is 310 g/mol. The van der Waals surface area contributed by atoms with E-state index in [1.807, 2.05) is 17.5 Å². The molecule has 2 aromatic carbocycles. The third-order valence-corrected chi connectivity index (χ3v) is 4.27. The van der Waals surface area contributed by atoms with Gasteiger partial charge in [-0.15, -0.1) is 0 Å². The predicted octanol–water partition coefficient (Wildman–Crippen LogP) is 4.27. The van der Waals surface area contributed by atoms with Crippen molar-refractivity contribution in [2.75, 3.05) is 14.2 Å². The molecule has 2 aromatic rings. The highest BCUT2D eigenvalue weighted by molar-refractivity contribution is 8.02. The Balaban J connectivity index is 1.98. The molecule has 1 N–H and O–H groups in total. The fraction of sp³-hybridized carbons (Fsp3) is 0.278. The molecule has 0 aromatic heterocycles. The molecule has 0 unspecified atom stereocenters. The van der Waals surface area contributed by atoms with Crippen LogP contribution in [-0.4, -0.2) is 20.2 Å². The summed E-state index contributed by atoms with van der Waals surface area (Å²) in [6.07, 6.45) is 1.84. The Hall–Kier alpha value is -1.98. The number of benzene rings is 2. The molecule has 23 heavy (non-hydrogen) atoms. The maximum Gasteiger partial charge on any atom is 0.305 e. The first kappa shape index (κ1) is 17.4. The Morgan fingerprint density at radius 1 is 1.13 bits per heavy atom. The molecule has 0 aliphatic heterocycles. The number of hydrogen-bond donors (Lipinski definition) is 1. The zero-order valence-corrected chi connectivity index (χ0v) is 14.2. The van der Waals surface area contributed by atoms with E-state index >= 15 is 0 Å². The minimum absolute atomic E-state index is 0.191. The fourth-order valence-electron chi connectivity index (χ4n) is 2.17. The van der Waals surface area contributed by atoms with Crippen molar-refractivity contribution in [3.63, 3.8) is 0 Å². The van der Waals surface area contributed by atoms with E-state index in [0.717, 1.165) is 17.0 Å². The number of thioether (sulfide) groups is 1. The summed E-state index contributed by atoms with van der Waals surface area (Å²) >= 11 is 1.63. The minimum Gasteiger partial charge on any atom is -0.469 e. The molecule has 0 spiro atoms. The van der Waals surface area contributed by atoms with Crippen LogP contribution in [0, 0.1) is 0 Å². The topological polar surface area (TPSA) is 47.6 Å². The number of hydrogen-bond acceptors (Lipinski definition) is 5. The smallest absolute Gasteiger partial charge is 0.305 e. The standard InChI is InChI=1S/C18H21NO3S/c1-21-18(20)9-5-8-16(19-22-2)13-23-17-11-10-14-6-3-4-7-15(14)12-17/h3-4,6-7,10-13,19H,5,8-9H2,1-2H3. The number of carbonyl (C=O) groups excluding carboxylic acids is 1. The zero-order chi connectivity index (χ0) is 16.5. The van der Waals surface area contributed by atoms with E-state index in [1.165, 1.54) is 17.9 Å². The van der Waals surface area contributed by atoms with Gasteiger partial charge in [0.25, 0.3) is 0 Å². The summed E-state index contributed by atoms with van der Waals surface area (Å²) in [5.74, 6) is -0.191. The van der Waals surface area contributed by atoms with E-state index in [2.05, 4.69) is 40.5 Å². The van der Waals surface area contributed by atoms with Crippen molar-refractivity contribution < 1.29 is 14.4 Å². The van der Waals surface area contributed by atoms with E-state index < -0.39 is 0 Å². The molecule has 0 heterocycles. The monoisotopic (exact) mass is 331 g/mol. The van der Waals surface area contributed by atoms with Crippen molar-refractivity contribution in [1.29, 1.82) is 0 Å². The summed E-state index contributed by atoms with van der Waals surface area (Å²) < 4.78 is 4.65. The quantitative estimate of drug-likeness (QED) is 0.445. The Kier molecular flexibility index (Phi) is 6.97. The van der Waals surface area contributed by atoms with Gasteiger partial charge in [-0.3, -0.25) is 15.1 Å². The highest BCUT2D eigenvalue weighted by Crippen LogP contribution is 2.25. The van der Waals surface area contributed by atoms with Crippen molar-refractivity contribution in [2.24, 2.45) is 0 Å². The molecule has 0 amide bonds. The molecule has 2 rings (SSSR count). The van der Waals surface area contributed by atoms with Gasteiger partial charge in [0.15, 0.2) is 0 Å². The molecule has 0 bridgehead atoms. The van der Waals surface area contributed by atoms with E-state index in [4.69, 9.17) is 4.84 Å². The first-order valence-corrected chi connectivity index (χ1v) is 8.31. The number of ether oxygens (including phenoxy) is 1. The number of nitrogens with one attached hydrogen (secondary N) is 1. The second kappa shape index (κ2) is 9.22. The van der Waals surface area contributed by atoms with Crippen molar-refractivity contribution in [3.8, 4) is 0 Å². The van der Waals surface area contributed by atoms with Crippen LogP contribution in [-0.2, 0) is 14.4 Å².